The molecule has 0 aliphatic heterocycles. The van der Waals surface area contributed by atoms with Crippen molar-refractivity contribution in [2.24, 2.45) is 0 Å². The van der Waals surface area contributed by atoms with Gasteiger partial charge in [0.15, 0.2) is 0 Å². The predicted molar refractivity (Wildman–Crippen MR) is 92.4 cm³/mol. The lowest BCUT2D eigenvalue weighted by Gasteiger charge is -2.12. The maximum atomic E-state index is 11.4. The number of methoxy groups -OCH3 is 1. The second-order valence-electron chi connectivity index (χ2n) is 5.07. The highest BCUT2D eigenvalue weighted by Crippen LogP contribution is 2.24. The molecule has 132 valence electrons. The molecular weight excluding hydrogens is 324 g/mol. The van der Waals surface area contributed by atoms with Crippen molar-refractivity contribution in [3.8, 4) is 11.5 Å². The number of aliphatic carboxylic acids is 1. The van der Waals surface area contributed by atoms with Crippen molar-refractivity contribution < 1.29 is 29.2 Å². The van der Waals surface area contributed by atoms with Gasteiger partial charge in [-0.1, -0.05) is 30.3 Å². The predicted octanol–water partition coefficient (Wildman–Crippen LogP) is 2.71. The number of ether oxygens (including phenoxy) is 3. The van der Waals surface area contributed by atoms with Crippen LogP contribution in [0.5, 0.6) is 11.5 Å². The van der Waals surface area contributed by atoms with Gasteiger partial charge in [0.25, 0.3) is 0 Å². The Hall–Kier alpha value is -2.99. The number of carboxylic acids is 1. The van der Waals surface area contributed by atoms with Gasteiger partial charge in [0.05, 0.1) is 20.0 Å². The average molecular weight is 344 g/mol. The molecule has 2 aromatic carbocycles. The van der Waals surface area contributed by atoms with E-state index in [1.807, 2.05) is 6.07 Å². The molecule has 0 unspecified atom stereocenters. The number of rotatable bonds is 9. The Bertz CT molecular complexity index is 738. The molecule has 0 saturated carbocycles. The molecule has 2 N–H and O–H groups in total. The quantitative estimate of drug-likeness (QED) is 0.537. The summed E-state index contributed by atoms with van der Waals surface area (Å²) in [5.41, 5.74) is 1.31. The molecule has 0 saturated heterocycles. The summed E-state index contributed by atoms with van der Waals surface area (Å²) in [6.45, 7) is 0.326. The summed E-state index contributed by atoms with van der Waals surface area (Å²) in [6, 6.07) is 14.1. The fraction of sp³-hybridized carbons (Fsp3) is 0.211. The van der Waals surface area contributed by atoms with Crippen LogP contribution in [-0.4, -0.2) is 36.5 Å². The molecule has 0 radical (unpaired) electrons. The molecule has 0 bridgehead atoms. The molecule has 0 spiro atoms. The van der Waals surface area contributed by atoms with Crippen molar-refractivity contribution in [2.75, 3.05) is 20.3 Å². The number of aliphatic hydroxyl groups excluding tert-OH is 1. The highest BCUT2D eigenvalue weighted by Gasteiger charge is 2.15. The minimum absolute atomic E-state index is 0.0572. The van der Waals surface area contributed by atoms with Crippen molar-refractivity contribution in [1.29, 1.82) is 0 Å². The minimum Gasteiger partial charge on any atom is -0.503 e. The van der Waals surface area contributed by atoms with E-state index in [2.05, 4.69) is 0 Å². The molecule has 0 fully saturated rings. The Labute approximate surface area is 145 Å². The summed E-state index contributed by atoms with van der Waals surface area (Å²) in [5, 5.41) is 18.2. The molecule has 6 nitrogen and oxygen atoms in total. The fourth-order valence-corrected chi connectivity index (χ4v) is 2.23. The van der Waals surface area contributed by atoms with Crippen molar-refractivity contribution in [1.82, 2.24) is 0 Å². The van der Waals surface area contributed by atoms with Gasteiger partial charge in [-0.05, 0) is 23.3 Å². The summed E-state index contributed by atoms with van der Waals surface area (Å²) in [5.74, 6) is 0.0943. The van der Waals surface area contributed by atoms with Crippen LogP contribution < -0.4 is 9.47 Å². The molecule has 0 heterocycles. The number of carbonyl (C=O) groups is 1. The first-order valence-electron chi connectivity index (χ1n) is 7.66. The van der Waals surface area contributed by atoms with E-state index in [1.165, 1.54) is 13.4 Å². The minimum atomic E-state index is -1.08. The van der Waals surface area contributed by atoms with Crippen molar-refractivity contribution >= 4 is 11.5 Å². The van der Waals surface area contributed by atoms with Crippen LogP contribution in [0.4, 0.5) is 0 Å². The van der Waals surface area contributed by atoms with E-state index in [1.54, 1.807) is 42.5 Å². The largest absolute Gasteiger partial charge is 0.503 e. The molecule has 0 aromatic heterocycles. The second-order valence-corrected chi connectivity index (χ2v) is 5.07. The Morgan fingerprint density at radius 3 is 2.48 bits per heavy atom. The Balaban J connectivity index is 2.16. The topological polar surface area (TPSA) is 85.2 Å². The molecule has 0 atom stereocenters. The van der Waals surface area contributed by atoms with Crippen LogP contribution >= 0.6 is 0 Å². The third kappa shape index (κ3) is 5.26. The smallest absolute Gasteiger partial charge is 0.339 e. The molecule has 25 heavy (non-hydrogen) atoms. The second kappa shape index (κ2) is 9.34. The third-order valence-corrected chi connectivity index (χ3v) is 3.33. The standard InChI is InChI=1S/C19H20O6/c1-23-13-18(19(21)22)17-8-3-2-5-14(17)12-25-16-7-4-6-15(11-16)24-10-9-20/h2-8,11,13,20H,9-10,12H2,1H3,(H,21,22)/b18-13+. The van der Waals surface area contributed by atoms with Gasteiger partial charge in [0, 0.05) is 6.07 Å². The van der Waals surface area contributed by atoms with E-state index in [0.717, 1.165) is 5.56 Å². The number of carboxylic acid groups (broad SMARTS) is 1. The van der Waals surface area contributed by atoms with Crippen LogP contribution in [0, 0.1) is 0 Å². The van der Waals surface area contributed by atoms with Gasteiger partial charge >= 0.3 is 5.97 Å². The third-order valence-electron chi connectivity index (χ3n) is 3.33. The zero-order valence-electron chi connectivity index (χ0n) is 13.8. The Morgan fingerprint density at radius 2 is 1.80 bits per heavy atom. The van der Waals surface area contributed by atoms with E-state index < -0.39 is 5.97 Å². The maximum absolute atomic E-state index is 11.4. The monoisotopic (exact) mass is 344 g/mol. The lowest BCUT2D eigenvalue weighted by molar-refractivity contribution is -0.130. The molecular formula is C19H20O6. The summed E-state index contributed by atoms with van der Waals surface area (Å²) in [6.07, 6.45) is 1.20. The van der Waals surface area contributed by atoms with Gasteiger partial charge in [-0.15, -0.1) is 0 Å². The molecule has 0 aliphatic rings. The van der Waals surface area contributed by atoms with Crippen molar-refractivity contribution in [3.63, 3.8) is 0 Å². The van der Waals surface area contributed by atoms with Crippen LogP contribution in [0.15, 0.2) is 54.8 Å². The van der Waals surface area contributed by atoms with E-state index in [0.29, 0.717) is 17.1 Å². The van der Waals surface area contributed by atoms with Crippen LogP contribution in [0.1, 0.15) is 11.1 Å². The molecule has 0 aliphatic carbocycles. The van der Waals surface area contributed by atoms with Crippen LogP contribution in [0.2, 0.25) is 0 Å². The highest BCUT2D eigenvalue weighted by atomic mass is 16.5. The SMILES string of the molecule is CO/C=C(/C(=O)O)c1ccccc1COc1cccc(OCCO)c1. The van der Waals surface area contributed by atoms with Crippen LogP contribution in [0.3, 0.4) is 0 Å². The van der Waals surface area contributed by atoms with E-state index in [9.17, 15) is 9.90 Å². The first-order valence-corrected chi connectivity index (χ1v) is 7.66. The van der Waals surface area contributed by atoms with Crippen LogP contribution in [0.25, 0.3) is 5.57 Å². The lowest BCUT2D eigenvalue weighted by atomic mass is 10.0. The zero-order chi connectivity index (χ0) is 18.1. The number of aliphatic hydroxyl groups is 1. The van der Waals surface area contributed by atoms with Gasteiger partial charge in [-0.3, -0.25) is 0 Å². The summed E-state index contributed by atoms with van der Waals surface area (Å²) in [7, 11) is 1.40. The van der Waals surface area contributed by atoms with Gasteiger partial charge < -0.3 is 24.4 Å². The van der Waals surface area contributed by atoms with E-state index in [4.69, 9.17) is 19.3 Å². The van der Waals surface area contributed by atoms with Gasteiger partial charge in [0.1, 0.15) is 30.3 Å². The normalized spacial score (nSPS) is 11.0. The molecule has 2 rings (SSSR count). The van der Waals surface area contributed by atoms with Gasteiger partial charge in [-0.25, -0.2) is 4.79 Å². The first kappa shape index (κ1) is 18.4. The van der Waals surface area contributed by atoms with E-state index in [-0.39, 0.29) is 25.4 Å². The Kier molecular flexibility index (Phi) is 6.86. The summed E-state index contributed by atoms with van der Waals surface area (Å²) >= 11 is 0. The summed E-state index contributed by atoms with van der Waals surface area (Å²) in [4.78, 5) is 11.4. The van der Waals surface area contributed by atoms with Crippen molar-refractivity contribution in [3.05, 3.63) is 65.9 Å². The zero-order valence-corrected chi connectivity index (χ0v) is 13.8. The lowest BCUT2D eigenvalue weighted by Crippen LogP contribution is -2.06. The van der Waals surface area contributed by atoms with Crippen LogP contribution in [-0.2, 0) is 16.1 Å². The molecule has 0 amide bonds. The molecule has 2 aromatic rings. The summed E-state index contributed by atoms with van der Waals surface area (Å²) < 4.78 is 16.0. The van der Waals surface area contributed by atoms with E-state index >= 15 is 0 Å². The average Bonchev–Trinajstić information content (AvgIpc) is 2.63. The first-order chi connectivity index (χ1) is 12.2. The number of hydrogen-bond donors (Lipinski definition) is 2. The van der Waals surface area contributed by atoms with Gasteiger partial charge in [0.2, 0.25) is 0 Å². The van der Waals surface area contributed by atoms with Crippen molar-refractivity contribution in [2.45, 2.75) is 6.61 Å². The fourth-order valence-electron chi connectivity index (χ4n) is 2.23. The highest BCUT2D eigenvalue weighted by molar-refractivity contribution is 6.15. The Morgan fingerprint density at radius 1 is 1.08 bits per heavy atom. The number of benzene rings is 2. The number of hydrogen-bond acceptors (Lipinski definition) is 5. The molecule has 6 heteroatoms. The van der Waals surface area contributed by atoms with Gasteiger partial charge in [-0.2, -0.15) is 0 Å². The maximum Gasteiger partial charge on any atom is 0.339 e.